The standard InChI is InChI=1S/C14H28N2O/c1-4-11(3)16(5-2)14(17)12-9-7-6-8-10-13(12)15/h11-13H,4-10,15H2,1-3H3. The molecule has 1 rings (SSSR count). The molecule has 0 radical (unpaired) electrons. The van der Waals surface area contributed by atoms with Crippen LogP contribution in [0.1, 0.15) is 59.3 Å². The second-order valence-electron chi connectivity index (χ2n) is 5.29. The largest absolute Gasteiger partial charge is 0.340 e. The first kappa shape index (κ1) is 14.5. The Bertz CT molecular complexity index is 242. The van der Waals surface area contributed by atoms with Crippen molar-refractivity contribution in [2.45, 2.75) is 71.4 Å². The number of carbonyl (C=O) groups is 1. The van der Waals surface area contributed by atoms with Crippen molar-refractivity contribution in [1.82, 2.24) is 4.90 Å². The molecule has 0 spiro atoms. The molecular formula is C14H28N2O. The Morgan fingerprint density at radius 1 is 1.29 bits per heavy atom. The van der Waals surface area contributed by atoms with E-state index in [0.717, 1.165) is 32.2 Å². The van der Waals surface area contributed by atoms with Crippen molar-refractivity contribution in [3.8, 4) is 0 Å². The molecule has 1 saturated carbocycles. The maximum atomic E-state index is 12.5. The maximum Gasteiger partial charge on any atom is 0.227 e. The lowest BCUT2D eigenvalue weighted by molar-refractivity contribution is -0.138. The van der Waals surface area contributed by atoms with E-state index < -0.39 is 0 Å². The number of hydrogen-bond acceptors (Lipinski definition) is 2. The number of nitrogens with zero attached hydrogens (tertiary/aromatic N) is 1. The zero-order valence-electron chi connectivity index (χ0n) is 11.6. The van der Waals surface area contributed by atoms with E-state index in [1.165, 1.54) is 12.8 Å². The summed E-state index contributed by atoms with van der Waals surface area (Å²) in [6, 6.07) is 0.408. The predicted octanol–water partition coefficient (Wildman–Crippen LogP) is 2.54. The molecule has 1 aliphatic carbocycles. The second-order valence-corrected chi connectivity index (χ2v) is 5.29. The lowest BCUT2D eigenvalue weighted by Crippen LogP contribution is -2.47. The molecule has 3 unspecified atom stereocenters. The molecular weight excluding hydrogens is 212 g/mol. The highest BCUT2D eigenvalue weighted by molar-refractivity contribution is 5.79. The van der Waals surface area contributed by atoms with Gasteiger partial charge in [0.1, 0.15) is 0 Å². The van der Waals surface area contributed by atoms with E-state index in [4.69, 9.17) is 5.73 Å². The van der Waals surface area contributed by atoms with Gasteiger partial charge in [0, 0.05) is 18.6 Å². The van der Waals surface area contributed by atoms with Crippen LogP contribution in [0, 0.1) is 5.92 Å². The zero-order valence-corrected chi connectivity index (χ0v) is 11.6. The van der Waals surface area contributed by atoms with Gasteiger partial charge in [0.15, 0.2) is 0 Å². The number of hydrogen-bond donors (Lipinski definition) is 1. The van der Waals surface area contributed by atoms with E-state index in [-0.39, 0.29) is 17.9 Å². The van der Waals surface area contributed by atoms with E-state index in [2.05, 4.69) is 20.8 Å². The van der Waals surface area contributed by atoms with Crippen LogP contribution in [0.5, 0.6) is 0 Å². The first-order valence-corrected chi connectivity index (χ1v) is 7.17. The molecule has 0 aromatic carbocycles. The molecule has 100 valence electrons. The minimum Gasteiger partial charge on any atom is -0.340 e. The van der Waals surface area contributed by atoms with Crippen molar-refractivity contribution in [3.63, 3.8) is 0 Å². The van der Waals surface area contributed by atoms with E-state index in [0.29, 0.717) is 6.04 Å². The molecule has 0 aromatic rings. The molecule has 0 aromatic heterocycles. The van der Waals surface area contributed by atoms with Crippen LogP contribution in [0.2, 0.25) is 0 Å². The summed E-state index contributed by atoms with van der Waals surface area (Å²) in [5.74, 6) is 0.350. The average molecular weight is 240 g/mol. The zero-order chi connectivity index (χ0) is 12.8. The van der Waals surface area contributed by atoms with Crippen LogP contribution in [0.25, 0.3) is 0 Å². The molecule has 2 N–H and O–H groups in total. The molecule has 1 amide bonds. The van der Waals surface area contributed by atoms with E-state index in [9.17, 15) is 4.79 Å². The molecule has 1 fully saturated rings. The predicted molar refractivity (Wildman–Crippen MR) is 71.7 cm³/mol. The molecule has 1 aliphatic rings. The molecule has 0 saturated heterocycles. The van der Waals surface area contributed by atoms with Crippen LogP contribution in [-0.2, 0) is 4.79 Å². The highest BCUT2D eigenvalue weighted by Gasteiger charge is 2.31. The van der Waals surface area contributed by atoms with Crippen LogP contribution in [0.3, 0.4) is 0 Å². The van der Waals surface area contributed by atoms with Crippen molar-refractivity contribution in [1.29, 1.82) is 0 Å². The first-order chi connectivity index (χ1) is 8.11. The fourth-order valence-electron chi connectivity index (χ4n) is 2.76. The molecule has 3 heteroatoms. The monoisotopic (exact) mass is 240 g/mol. The van der Waals surface area contributed by atoms with Crippen molar-refractivity contribution in [3.05, 3.63) is 0 Å². The van der Waals surface area contributed by atoms with Crippen LogP contribution < -0.4 is 5.73 Å². The average Bonchev–Trinajstić information content (AvgIpc) is 2.54. The van der Waals surface area contributed by atoms with Gasteiger partial charge in [0.05, 0.1) is 5.92 Å². The lowest BCUT2D eigenvalue weighted by Gasteiger charge is -2.32. The summed E-state index contributed by atoms with van der Waals surface area (Å²) >= 11 is 0. The van der Waals surface area contributed by atoms with Gasteiger partial charge < -0.3 is 10.6 Å². The van der Waals surface area contributed by atoms with Gasteiger partial charge in [-0.15, -0.1) is 0 Å². The third-order valence-corrected chi connectivity index (χ3v) is 4.13. The lowest BCUT2D eigenvalue weighted by atomic mass is 9.93. The Hall–Kier alpha value is -0.570. The van der Waals surface area contributed by atoms with Crippen molar-refractivity contribution >= 4 is 5.91 Å². The Kier molecular flexibility index (Phi) is 5.96. The van der Waals surface area contributed by atoms with E-state index in [1.807, 2.05) is 4.90 Å². The summed E-state index contributed by atoms with van der Waals surface area (Å²) in [7, 11) is 0. The maximum absolute atomic E-state index is 12.5. The summed E-state index contributed by atoms with van der Waals surface area (Å²) in [5.41, 5.74) is 6.17. The quantitative estimate of drug-likeness (QED) is 0.768. The van der Waals surface area contributed by atoms with Crippen LogP contribution >= 0.6 is 0 Å². The number of rotatable bonds is 4. The molecule has 3 atom stereocenters. The molecule has 0 aliphatic heterocycles. The van der Waals surface area contributed by atoms with Gasteiger partial charge in [-0.05, 0) is 33.1 Å². The van der Waals surface area contributed by atoms with Gasteiger partial charge in [0.25, 0.3) is 0 Å². The minimum atomic E-state index is 0.0615. The topological polar surface area (TPSA) is 46.3 Å². The van der Waals surface area contributed by atoms with E-state index >= 15 is 0 Å². The van der Waals surface area contributed by atoms with Crippen molar-refractivity contribution in [2.75, 3.05) is 6.54 Å². The highest BCUT2D eigenvalue weighted by atomic mass is 16.2. The van der Waals surface area contributed by atoms with Crippen LogP contribution in [0.15, 0.2) is 0 Å². The van der Waals surface area contributed by atoms with Crippen molar-refractivity contribution < 1.29 is 4.79 Å². The Morgan fingerprint density at radius 2 is 1.94 bits per heavy atom. The SMILES string of the molecule is CCC(C)N(CC)C(=O)C1CCCCCC1N. The fourth-order valence-corrected chi connectivity index (χ4v) is 2.76. The van der Waals surface area contributed by atoms with Gasteiger partial charge in [-0.2, -0.15) is 0 Å². The number of nitrogens with two attached hydrogens (primary N) is 1. The van der Waals surface area contributed by atoms with Crippen molar-refractivity contribution in [2.24, 2.45) is 11.7 Å². The molecule has 17 heavy (non-hydrogen) atoms. The van der Waals surface area contributed by atoms with Gasteiger partial charge in [-0.1, -0.05) is 26.2 Å². The Morgan fingerprint density at radius 3 is 2.53 bits per heavy atom. The summed E-state index contributed by atoms with van der Waals surface area (Å²) in [6.07, 6.45) is 6.57. The number of amides is 1. The second kappa shape index (κ2) is 7.00. The van der Waals surface area contributed by atoms with Gasteiger partial charge in [-0.3, -0.25) is 4.79 Å². The fraction of sp³-hybridized carbons (Fsp3) is 0.929. The third-order valence-electron chi connectivity index (χ3n) is 4.13. The number of carbonyl (C=O) groups excluding carboxylic acids is 1. The third kappa shape index (κ3) is 3.70. The first-order valence-electron chi connectivity index (χ1n) is 7.17. The van der Waals surface area contributed by atoms with E-state index in [1.54, 1.807) is 0 Å². The summed E-state index contributed by atoms with van der Waals surface area (Å²) in [6.45, 7) is 7.13. The minimum absolute atomic E-state index is 0.0615. The van der Waals surface area contributed by atoms with Crippen LogP contribution in [0.4, 0.5) is 0 Å². The molecule has 3 nitrogen and oxygen atoms in total. The molecule has 0 bridgehead atoms. The summed E-state index contributed by atoms with van der Waals surface area (Å²) in [4.78, 5) is 14.5. The van der Waals surface area contributed by atoms with Gasteiger partial charge in [0.2, 0.25) is 5.91 Å². The summed E-state index contributed by atoms with van der Waals surface area (Å²) < 4.78 is 0. The molecule has 0 heterocycles. The summed E-state index contributed by atoms with van der Waals surface area (Å²) in [5, 5.41) is 0. The Labute approximate surface area is 106 Å². The Balaban J connectivity index is 2.70. The van der Waals surface area contributed by atoms with Gasteiger partial charge >= 0.3 is 0 Å². The normalized spacial score (nSPS) is 27.3. The smallest absolute Gasteiger partial charge is 0.227 e. The highest BCUT2D eigenvalue weighted by Crippen LogP contribution is 2.25. The van der Waals surface area contributed by atoms with Crippen LogP contribution in [-0.4, -0.2) is 29.4 Å². The van der Waals surface area contributed by atoms with Gasteiger partial charge in [-0.25, -0.2) is 0 Å².